The predicted molar refractivity (Wildman–Crippen MR) is 98.3 cm³/mol. The van der Waals surface area contributed by atoms with Crippen molar-refractivity contribution >= 4 is 23.6 Å². The van der Waals surface area contributed by atoms with Gasteiger partial charge in [-0.15, -0.1) is 0 Å². The number of ether oxygens (including phenoxy) is 2. The molecule has 0 bridgehead atoms. The molecule has 0 aromatic heterocycles. The molecule has 1 aliphatic heterocycles. The van der Waals surface area contributed by atoms with E-state index in [1.165, 1.54) is 25.3 Å². The van der Waals surface area contributed by atoms with Gasteiger partial charge >= 0.3 is 0 Å². The van der Waals surface area contributed by atoms with Gasteiger partial charge in [-0.05, 0) is 30.3 Å². The average molecular weight is 424 g/mol. The van der Waals surface area contributed by atoms with Crippen LogP contribution in [-0.2, 0) is 20.9 Å². The molecule has 2 aromatic carbocycles. The summed E-state index contributed by atoms with van der Waals surface area (Å²) in [5, 5.41) is 2.06. The summed E-state index contributed by atoms with van der Waals surface area (Å²) in [6.45, 7) is -0.330. The molecule has 0 spiro atoms. The second-order valence-electron chi connectivity index (χ2n) is 6.39. The van der Waals surface area contributed by atoms with Crippen molar-refractivity contribution in [3.8, 4) is 5.75 Å². The monoisotopic (exact) mass is 424 g/mol. The van der Waals surface area contributed by atoms with Crippen molar-refractivity contribution in [2.45, 2.75) is 6.61 Å². The smallest absolute Gasteiger partial charge is 0.246 e. The lowest BCUT2D eigenvalue weighted by Crippen LogP contribution is -2.34. The molecule has 0 atom stereocenters. The number of carbonyl (C=O) groups excluding carboxylic acids is 2. The van der Waals surface area contributed by atoms with Gasteiger partial charge in [0.25, 0.3) is 0 Å². The normalized spacial score (nSPS) is 13.0. The van der Waals surface area contributed by atoms with E-state index in [-0.39, 0.29) is 13.4 Å². The molecule has 1 heterocycles. The zero-order valence-electron chi connectivity index (χ0n) is 15.7. The maximum Gasteiger partial charge on any atom is 0.246 e. The first-order valence-electron chi connectivity index (χ1n) is 8.65. The molecule has 0 radical (unpaired) electrons. The zero-order valence-corrected chi connectivity index (χ0v) is 15.7. The first kappa shape index (κ1) is 21.3. The summed E-state index contributed by atoms with van der Waals surface area (Å²) < 4.78 is 63.9. The summed E-state index contributed by atoms with van der Waals surface area (Å²) in [5.74, 6) is -6.23. The lowest BCUT2D eigenvalue weighted by molar-refractivity contribution is -0.129. The number of anilines is 1. The topological polar surface area (TPSA) is 67.9 Å². The molecule has 0 saturated heterocycles. The Morgan fingerprint density at radius 1 is 1.17 bits per heavy atom. The number of hydrogen-bond acceptors (Lipinski definition) is 4. The highest BCUT2D eigenvalue weighted by molar-refractivity contribution is 5.98. The van der Waals surface area contributed by atoms with Crippen LogP contribution in [0.3, 0.4) is 0 Å². The largest absolute Gasteiger partial charge is 0.467 e. The number of benzene rings is 2. The number of nitrogens with zero attached hydrogens (tertiary/aromatic N) is 1. The van der Waals surface area contributed by atoms with Gasteiger partial charge in [0.15, 0.2) is 24.2 Å². The van der Waals surface area contributed by atoms with Crippen LogP contribution in [0.2, 0.25) is 0 Å². The molecule has 6 nitrogen and oxygen atoms in total. The maximum absolute atomic E-state index is 13.7. The van der Waals surface area contributed by atoms with E-state index in [2.05, 4.69) is 5.32 Å². The average Bonchev–Trinajstić information content (AvgIpc) is 2.72. The molecular weight excluding hydrogens is 408 g/mol. The fourth-order valence-electron chi connectivity index (χ4n) is 2.73. The highest BCUT2D eigenvalue weighted by atomic mass is 19.2. The highest BCUT2D eigenvalue weighted by Gasteiger charge is 2.18. The van der Waals surface area contributed by atoms with E-state index in [0.717, 1.165) is 17.0 Å². The standard InChI is InChI=1S/C20H16F4N2O4/c1-26(8-16(27)25-15-4-3-14(22)18(23)19(15)24)17(28)5-2-11-6-13(21)7-12-9-29-10-30-20(11)12/h2-7H,8-10H2,1H3,(H,25,27)/b5-2+. The number of likely N-dealkylation sites (N-methyl/N-ethyl adjacent to an activating group) is 1. The Balaban J connectivity index is 1.65. The Labute approximate surface area is 168 Å². The van der Waals surface area contributed by atoms with Crippen LogP contribution in [0.25, 0.3) is 6.08 Å². The molecular formula is C20H16F4N2O4. The minimum atomic E-state index is -1.72. The molecule has 2 aromatic rings. The fraction of sp³-hybridized carbons (Fsp3) is 0.200. The number of halogens is 4. The summed E-state index contributed by atoms with van der Waals surface area (Å²) in [5.41, 5.74) is 0.263. The zero-order chi connectivity index (χ0) is 21.8. The van der Waals surface area contributed by atoms with Crippen molar-refractivity contribution in [2.75, 3.05) is 25.7 Å². The Morgan fingerprint density at radius 3 is 2.70 bits per heavy atom. The van der Waals surface area contributed by atoms with Gasteiger partial charge in [-0.3, -0.25) is 9.59 Å². The number of rotatable bonds is 5. The summed E-state index contributed by atoms with van der Waals surface area (Å²) in [7, 11) is 1.30. The van der Waals surface area contributed by atoms with Crippen molar-refractivity contribution in [1.29, 1.82) is 0 Å². The van der Waals surface area contributed by atoms with Crippen LogP contribution in [0.15, 0.2) is 30.3 Å². The Morgan fingerprint density at radius 2 is 1.93 bits per heavy atom. The van der Waals surface area contributed by atoms with Crippen LogP contribution in [0, 0.1) is 23.3 Å². The molecule has 0 unspecified atom stereocenters. The lowest BCUT2D eigenvalue weighted by Gasteiger charge is -2.19. The molecule has 2 amide bonds. The third-order valence-electron chi connectivity index (χ3n) is 4.18. The van der Waals surface area contributed by atoms with Gasteiger partial charge in [-0.25, -0.2) is 17.6 Å². The second kappa shape index (κ2) is 8.95. The number of fused-ring (bicyclic) bond motifs is 1. The Hall–Kier alpha value is -3.40. The first-order valence-corrected chi connectivity index (χ1v) is 8.65. The van der Waals surface area contributed by atoms with E-state index in [1.807, 2.05) is 0 Å². The van der Waals surface area contributed by atoms with Crippen LogP contribution < -0.4 is 10.1 Å². The van der Waals surface area contributed by atoms with Crippen molar-refractivity contribution in [3.63, 3.8) is 0 Å². The summed E-state index contributed by atoms with van der Waals surface area (Å²) in [6.07, 6.45) is 2.44. The molecule has 158 valence electrons. The number of amides is 2. The molecule has 1 N–H and O–H groups in total. The van der Waals surface area contributed by atoms with E-state index in [9.17, 15) is 27.2 Å². The van der Waals surface area contributed by atoms with Crippen LogP contribution in [-0.4, -0.2) is 37.1 Å². The summed E-state index contributed by atoms with van der Waals surface area (Å²) in [4.78, 5) is 25.2. The van der Waals surface area contributed by atoms with E-state index < -0.39 is 47.3 Å². The molecule has 0 saturated carbocycles. The number of nitrogens with one attached hydrogen (secondary N) is 1. The molecule has 3 rings (SSSR count). The van der Waals surface area contributed by atoms with Gasteiger partial charge in [0.1, 0.15) is 11.6 Å². The summed E-state index contributed by atoms with van der Waals surface area (Å²) >= 11 is 0. The van der Waals surface area contributed by atoms with E-state index in [0.29, 0.717) is 22.9 Å². The highest BCUT2D eigenvalue weighted by Crippen LogP contribution is 2.30. The predicted octanol–water partition coefficient (Wildman–Crippen LogP) is 3.22. The lowest BCUT2D eigenvalue weighted by atomic mass is 10.1. The summed E-state index contributed by atoms with van der Waals surface area (Å²) in [6, 6.07) is 3.98. The first-order chi connectivity index (χ1) is 14.3. The van der Waals surface area contributed by atoms with Crippen LogP contribution >= 0.6 is 0 Å². The van der Waals surface area contributed by atoms with Crippen molar-refractivity contribution in [1.82, 2.24) is 4.90 Å². The van der Waals surface area contributed by atoms with Crippen LogP contribution in [0.4, 0.5) is 23.2 Å². The molecule has 10 heteroatoms. The van der Waals surface area contributed by atoms with Gasteiger partial charge < -0.3 is 19.7 Å². The molecule has 0 fully saturated rings. The number of carbonyl (C=O) groups is 2. The van der Waals surface area contributed by atoms with Gasteiger partial charge in [-0.2, -0.15) is 0 Å². The molecule has 30 heavy (non-hydrogen) atoms. The van der Waals surface area contributed by atoms with Crippen molar-refractivity contribution in [3.05, 3.63) is 64.7 Å². The Bertz CT molecular complexity index is 1030. The van der Waals surface area contributed by atoms with Crippen molar-refractivity contribution in [2.24, 2.45) is 0 Å². The maximum atomic E-state index is 13.7. The minimum absolute atomic E-state index is 0.00592. The van der Waals surface area contributed by atoms with E-state index in [4.69, 9.17) is 9.47 Å². The van der Waals surface area contributed by atoms with Crippen molar-refractivity contribution < 1.29 is 36.6 Å². The fourth-order valence-corrected chi connectivity index (χ4v) is 2.73. The second-order valence-corrected chi connectivity index (χ2v) is 6.39. The van der Waals surface area contributed by atoms with Gasteiger partial charge in [-0.1, -0.05) is 0 Å². The van der Waals surface area contributed by atoms with Crippen LogP contribution in [0.5, 0.6) is 5.75 Å². The quantitative estimate of drug-likeness (QED) is 0.455. The van der Waals surface area contributed by atoms with E-state index in [1.54, 1.807) is 0 Å². The van der Waals surface area contributed by atoms with Gasteiger partial charge in [0, 0.05) is 24.3 Å². The minimum Gasteiger partial charge on any atom is -0.467 e. The van der Waals surface area contributed by atoms with Crippen LogP contribution in [0.1, 0.15) is 11.1 Å². The van der Waals surface area contributed by atoms with Gasteiger partial charge in [0.2, 0.25) is 11.8 Å². The third kappa shape index (κ3) is 4.77. The molecule has 0 aliphatic carbocycles. The number of hydrogen-bond donors (Lipinski definition) is 1. The van der Waals surface area contributed by atoms with E-state index >= 15 is 0 Å². The van der Waals surface area contributed by atoms with Gasteiger partial charge in [0.05, 0.1) is 18.8 Å². The third-order valence-corrected chi connectivity index (χ3v) is 4.18. The Kier molecular flexibility index (Phi) is 6.36. The molecule has 1 aliphatic rings. The SMILES string of the molecule is CN(CC(=O)Nc1ccc(F)c(F)c1F)C(=O)/C=C/c1cc(F)cc2c1OCOC2.